The second-order valence-electron chi connectivity index (χ2n) is 6.78. The second kappa shape index (κ2) is 6.79. The summed E-state index contributed by atoms with van der Waals surface area (Å²) in [4.78, 5) is 14.0. The molecule has 0 amide bonds. The summed E-state index contributed by atoms with van der Waals surface area (Å²) in [6, 6.07) is 15.6. The third-order valence-electron chi connectivity index (χ3n) is 4.97. The summed E-state index contributed by atoms with van der Waals surface area (Å²) in [7, 11) is -1.79. The van der Waals surface area contributed by atoms with Crippen LogP contribution in [0.5, 0.6) is 0 Å². The molecular formula is C21H20N2O3S. The predicted octanol–water partition coefficient (Wildman–Crippen LogP) is 3.41. The van der Waals surface area contributed by atoms with Gasteiger partial charge >= 0.3 is 0 Å². The average molecular weight is 380 g/mol. The predicted molar refractivity (Wildman–Crippen MR) is 106 cm³/mol. The summed E-state index contributed by atoms with van der Waals surface area (Å²) >= 11 is 0. The van der Waals surface area contributed by atoms with Crippen LogP contribution in [0.3, 0.4) is 0 Å². The van der Waals surface area contributed by atoms with E-state index < -0.39 is 10.0 Å². The highest BCUT2D eigenvalue weighted by atomic mass is 32.2. The molecule has 138 valence electrons. The molecule has 0 spiro atoms. The number of rotatable bonds is 4. The molecule has 0 aliphatic carbocycles. The lowest BCUT2D eigenvalue weighted by Crippen LogP contribution is -2.23. The molecule has 0 N–H and O–H groups in total. The molecule has 1 aliphatic heterocycles. The molecule has 4 rings (SSSR count). The third kappa shape index (κ3) is 3.11. The lowest BCUT2D eigenvalue weighted by atomic mass is 9.99. The number of hydrogen-bond acceptors (Lipinski definition) is 4. The SMILES string of the molecule is CN1CC=C(c2ccc3cc(C=O)n(S(=O)(=O)c4ccccc4)c3c2)CC1. The van der Waals surface area contributed by atoms with Gasteiger partial charge in [0.05, 0.1) is 16.1 Å². The Morgan fingerprint density at radius 2 is 1.81 bits per heavy atom. The van der Waals surface area contributed by atoms with E-state index in [0.29, 0.717) is 11.8 Å². The van der Waals surface area contributed by atoms with E-state index in [2.05, 4.69) is 18.0 Å². The van der Waals surface area contributed by atoms with Gasteiger partial charge in [-0.15, -0.1) is 0 Å². The normalized spacial score (nSPS) is 15.7. The van der Waals surface area contributed by atoms with Gasteiger partial charge in [-0.2, -0.15) is 0 Å². The molecule has 5 nitrogen and oxygen atoms in total. The van der Waals surface area contributed by atoms with Gasteiger partial charge in [0.1, 0.15) is 0 Å². The molecule has 0 atom stereocenters. The number of nitrogens with zero attached hydrogens (tertiary/aromatic N) is 2. The monoisotopic (exact) mass is 380 g/mol. The highest BCUT2D eigenvalue weighted by Gasteiger charge is 2.23. The summed E-state index contributed by atoms with van der Waals surface area (Å²) in [5, 5.41) is 0.730. The van der Waals surface area contributed by atoms with Gasteiger partial charge in [-0.3, -0.25) is 4.79 Å². The van der Waals surface area contributed by atoms with Crippen molar-refractivity contribution in [3.8, 4) is 0 Å². The van der Waals surface area contributed by atoms with E-state index >= 15 is 0 Å². The van der Waals surface area contributed by atoms with Crippen LogP contribution in [-0.4, -0.2) is 43.7 Å². The molecule has 0 saturated carbocycles. The minimum absolute atomic E-state index is 0.128. The van der Waals surface area contributed by atoms with Crippen molar-refractivity contribution in [3.05, 3.63) is 71.9 Å². The van der Waals surface area contributed by atoms with Gasteiger partial charge in [-0.25, -0.2) is 12.4 Å². The van der Waals surface area contributed by atoms with Crippen molar-refractivity contribution in [1.82, 2.24) is 8.87 Å². The minimum atomic E-state index is -3.86. The number of benzene rings is 2. The number of carbonyl (C=O) groups excluding carboxylic acids is 1. The zero-order valence-electron chi connectivity index (χ0n) is 15.0. The Kier molecular flexibility index (Phi) is 4.45. The van der Waals surface area contributed by atoms with Gasteiger partial charge in [0, 0.05) is 18.5 Å². The number of aldehydes is 1. The summed E-state index contributed by atoms with van der Waals surface area (Å²) < 4.78 is 27.6. The molecular weight excluding hydrogens is 360 g/mol. The Balaban J connectivity index is 1.92. The topological polar surface area (TPSA) is 59.4 Å². The number of likely N-dealkylation sites (N-methyl/N-ethyl adjacent to an activating group) is 1. The van der Waals surface area contributed by atoms with Crippen molar-refractivity contribution in [1.29, 1.82) is 0 Å². The Hall–Kier alpha value is -2.70. The van der Waals surface area contributed by atoms with Crippen LogP contribution in [0, 0.1) is 0 Å². The number of carbonyl (C=O) groups is 1. The van der Waals surface area contributed by atoms with Crippen molar-refractivity contribution < 1.29 is 13.2 Å². The smallest absolute Gasteiger partial charge is 0.268 e. The van der Waals surface area contributed by atoms with Crippen molar-refractivity contribution in [2.45, 2.75) is 11.3 Å². The molecule has 2 aromatic carbocycles. The summed E-state index contributed by atoms with van der Waals surface area (Å²) in [6.45, 7) is 1.84. The lowest BCUT2D eigenvalue weighted by Gasteiger charge is -2.22. The van der Waals surface area contributed by atoms with Gasteiger partial charge in [-0.1, -0.05) is 36.4 Å². The molecule has 1 aliphatic rings. The van der Waals surface area contributed by atoms with Crippen LogP contribution in [0.1, 0.15) is 22.5 Å². The van der Waals surface area contributed by atoms with Crippen LogP contribution < -0.4 is 0 Å². The van der Waals surface area contributed by atoms with E-state index in [4.69, 9.17) is 0 Å². The van der Waals surface area contributed by atoms with Gasteiger partial charge in [-0.05, 0) is 48.9 Å². The van der Waals surface area contributed by atoms with Gasteiger partial charge < -0.3 is 4.90 Å². The lowest BCUT2D eigenvalue weighted by molar-refractivity contribution is 0.111. The van der Waals surface area contributed by atoms with E-state index in [9.17, 15) is 13.2 Å². The van der Waals surface area contributed by atoms with Crippen LogP contribution in [0.25, 0.3) is 16.5 Å². The first kappa shape index (κ1) is 17.7. The Morgan fingerprint density at radius 3 is 2.48 bits per heavy atom. The van der Waals surface area contributed by atoms with Crippen molar-refractivity contribution in [3.63, 3.8) is 0 Å². The molecule has 6 heteroatoms. The maximum absolute atomic E-state index is 13.2. The zero-order valence-corrected chi connectivity index (χ0v) is 15.8. The number of fused-ring (bicyclic) bond motifs is 1. The quantitative estimate of drug-likeness (QED) is 0.651. The standard InChI is InChI=1S/C21H20N2O3S/c1-22-11-9-16(10-12-22)17-7-8-18-13-19(15-24)23(21(18)14-17)27(25,26)20-5-3-2-4-6-20/h2-9,13-15H,10-12H2,1H3. The fourth-order valence-corrected chi connectivity index (χ4v) is 4.98. The molecule has 27 heavy (non-hydrogen) atoms. The van der Waals surface area contributed by atoms with E-state index in [-0.39, 0.29) is 10.6 Å². The molecule has 0 saturated heterocycles. The summed E-state index contributed by atoms with van der Waals surface area (Å²) in [6.07, 6.45) is 3.67. The van der Waals surface area contributed by atoms with E-state index in [0.717, 1.165) is 34.4 Å². The fourth-order valence-electron chi connectivity index (χ4n) is 3.48. The number of aromatic nitrogens is 1. The van der Waals surface area contributed by atoms with E-state index in [1.165, 1.54) is 5.57 Å². The average Bonchev–Trinajstić information content (AvgIpc) is 3.08. The largest absolute Gasteiger partial charge is 0.302 e. The highest BCUT2D eigenvalue weighted by molar-refractivity contribution is 7.90. The first-order chi connectivity index (χ1) is 13.0. The van der Waals surface area contributed by atoms with Crippen LogP contribution in [0.4, 0.5) is 0 Å². The molecule has 3 aromatic rings. The molecule has 0 unspecified atom stereocenters. The second-order valence-corrected chi connectivity index (χ2v) is 8.57. The van der Waals surface area contributed by atoms with Crippen LogP contribution >= 0.6 is 0 Å². The summed E-state index contributed by atoms with van der Waals surface area (Å²) in [5.74, 6) is 0. The number of hydrogen-bond donors (Lipinski definition) is 0. The molecule has 1 aromatic heterocycles. The molecule has 0 bridgehead atoms. The summed E-state index contributed by atoms with van der Waals surface area (Å²) in [5.41, 5.74) is 2.85. The van der Waals surface area contributed by atoms with E-state index in [1.807, 2.05) is 18.2 Å². The van der Waals surface area contributed by atoms with Crippen LogP contribution in [-0.2, 0) is 10.0 Å². The molecule has 0 fully saturated rings. The van der Waals surface area contributed by atoms with Crippen molar-refractivity contribution in [2.24, 2.45) is 0 Å². The minimum Gasteiger partial charge on any atom is -0.302 e. The zero-order chi connectivity index (χ0) is 19.0. The molecule has 0 radical (unpaired) electrons. The van der Waals surface area contributed by atoms with Crippen LogP contribution in [0.15, 0.2) is 65.6 Å². The van der Waals surface area contributed by atoms with E-state index in [1.54, 1.807) is 36.4 Å². The first-order valence-corrected chi connectivity index (χ1v) is 10.2. The Labute approximate surface area is 158 Å². The van der Waals surface area contributed by atoms with Crippen molar-refractivity contribution >= 4 is 32.8 Å². The van der Waals surface area contributed by atoms with Gasteiger partial charge in [0.25, 0.3) is 10.0 Å². The maximum Gasteiger partial charge on any atom is 0.268 e. The molecule has 2 heterocycles. The van der Waals surface area contributed by atoms with Crippen molar-refractivity contribution in [2.75, 3.05) is 20.1 Å². The van der Waals surface area contributed by atoms with Gasteiger partial charge in [0.15, 0.2) is 6.29 Å². The fraction of sp³-hybridized carbons (Fsp3) is 0.190. The Bertz CT molecular complexity index is 1140. The Morgan fingerprint density at radius 1 is 1.04 bits per heavy atom. The van der Waals surface area contributed by atoms with Crippen LogP contribution in [0.2, 0.25) is 0 Å². The first-order valence-electron chi connectivity index (χ1n) is 8.80. The maximum atomic E-state index is 13.2. The van der Waals surface area contributed by atoms with Gasteiger partial charge in [0.2, 0.25) is 0 Å². The third-order valence-corrected chi connectivity index (χ3v) is 6.73. The highest BCUT2D eigenvalue weighted by Crippen LogP contribution is 2.30.